The number of esters is 1. The highest BCUT2D eigenvalue weighted by Gasteiger charge is 2.11. The monoisotopic (exact) mass is 255 g/mol. The molecule has 0 aliphatic rings. The number of carbonyl (C=O) groups is 2. The van der Waals surface area contributed by atoms with Crippen molar-refractivity contribution in [3.05, 3.63) is 24.0 Å². The van der Waals surface area contributed by atoms with Gasteiger partial charge in [0.15, 0.2) is 11.6 Å². The van der Waals surface area contributed by atoms with E-state index in [1.807, 2.05) is 0 Å². The van der Waals surface area contributed by atoms with E-state index in [0.717, 1.165) is 6.07 Å². The van der Waals surface area contributed by atoms with Gasteiger partial charge in [0.05, 0.1) is 13.7 Å². The maximum atomic E-state index is 13.4. The van der Waals surface area contributed by atoms with Crippen LogP contribution in [0.5, 0.6) is 5.75 Å². The number of nitrogens with one attached hydrogen (secondary N) is 1. The first-order valence-electron chi connectivity index (χ1n) is 5.35. The summed E-state index contributed by atoms with van der Waals surface area (Å²) in [6.45, 7) is 2.09. The van der Waals surface area contributed by atoms with Crippen LogP contribution in [0.15, 0.2) is 18.2 Å². The highest BCUT2D eigenvalue weighted by Crippen LogP contribution is 2.21. The molecule has 0 fully saturated rings. The molecular formula is C12H14FNO4. The molecule has 0 bridgehead atoms. The summed E-state index contributed by atoms with van der Waals surface area (Å²) in [6.07, 6.45) is -0.411. The summed E-state index contributed by atoms with van der Waals surface area (Å²) in [5.41, 5.74) is 0.254. The van der Waals surface area contributed by atoms with Crippen molar-refractivity contribution in [3.63, 3.8) is 0 Å². The molecule has 5 nitrogen and oxygen atoms in total. The molecule has 18 heavy (non-hydrogen) atoms. The van der Waals surface area contributed by atoms with Crippen molar-refractivity contribution in [1.29, 1.82) is 0 Å². The van der Waals surface area contributed by atoms with E-state index in [2.05, 4.69) is 10.1 Å². The molecule has 0 unspecified atom stereocenters. The summed E-state index contributed by atoms with van der Waals surface area (Å²) in [5, 5.41) is 2.38. The second-order valence-corrected chi connectivity index (χ2v) is 3.38. The maximum absolute atomic E-state index is 13.4. The quantitative estimate of drug-likeness (QED) is 0.642. The zero-order valence-electron chi connectivity index (χ0n) is 10.2. The lowest BCUT2D eigenvalue weighted by molar-refractivity contribution is -0.142. The molecule has 1 aromatic carbocycles. The molecule has 6 heteroatoms. The van der Waals surface area contributed by atoms with Gasteiger partial charge < -0.3 is 14.8 Å². The molecule has 0 radical (unpaired) electrons. The molecule has 0 heterocycles. The van der Waals surface area contributed by atoms with E-state index in [1.165, 1.54) is 19.2 Å². The highest BCUT2D eigenvalue weighted by molar-refractivity contribution is 6.01. The average molecular weight is 255 g/mol. The Hall–Kier alpha value is -2.11. The Morgan fingerprint density at radius 1 is 1.39 bits per heavy atom. The standard InChI is InChI=1S/C12H14FNO4/c1-3-18-10-5-4-8(6-9(10)13)14-11(15)7-12(16)17-2/h4-6H,3,7H2,1-2H3,(H,14,15). The van der Waals surface area contributed by atoms with Gasteiger partial charge in [0, 0.05) is 11.8 Å². The smallest absolute Gasteiger partial charge is 0.315 e. The van der Waals surface area contributed by atoms with Gasteiger partial charge in [-0.3, -0.25) is 9.59 Å². The molecule has 98 valence electrons. The molecular weight excluding hydrogens is 241 g/mol. The maximum Gasteiger partial charge on any atom is 0.315 e. The largest absolute Gasteiger partial charge is 0.491 e. The number of amides is 1. The Kier molecular flexibility index (Phi) is 5.10. The minimum absolute atomic E-state index is 0.114. The lowest BCUT2D eigenvalue weighted by Gasteiger charge is -2.08. The number of ether oxygens (including phenoxy) is 2. The number of hydrogen-bond acceptors (Lipinski definition) is 4. The molecule has 1 rings (SSSR count). The van der Waals surface area contributed by atoms with Gasteiger partial charge in [0.2, 0.25) is 5.91 Å². The number of benzene rings is 1. The van der Waals surface area contributed by atoms with Crippen molar-refractivity contribution >= 4 is 17.6 Å². The van der Waals surface area contributed by atoms with Crippen LogP contribution >= 0.6 is 0 Å². The molecule has 0 aliphatic heterocycles. The van der Waals surface area contributed by atoms with Crippen molar-refractivity contribution in [2.45, 2.75) is 13.3 Å². The van der Waals surface area contributed by atoms with Crippen LogP contribution in [-0.4, -0.2) is 25.6 Å². The van der Waals surface area contributed by atoms with Crippen LogP contribution in [0.1, 0.15) is 13.3 Å². The summed E-state index contributed by atoms with van der Waals surface area (Å²) in [7, 11) is 1.19. The third kappa shape index (κ3) is 4.04. The predicted octanol–water partition coefficient (Wildman–Crippen LogP) is 1.73. The molecule has 1 amide bonds. The van der Waals surface area contributed by atoms with Crippen LogP contribution in [0.2, 0.25) is 0 Å². The molecule has 1 aromatic rings. The predicted molar refractivity (Wildman–Crippen MR) is 62.8 cm³/mol. The van der Waals surface area contributed by atoms with E-state index in [4.69, 9.17) is 4.74 Å². The Bertz CT molecular complexity index is 448. The van der Waals surface area contributed by atoms with Gasteiger partial charge in [-0.1, -0.05) is 0 Å². The van der Waals surface area contributed by atoms with E-state index >= 15 is 0 Å². The lowest BCUT2D eigenvalue weighted by Crippen LogP contribution is -2.17. The van der Waals surface area contributed by atoms with Crippen LogP contribution in [0.25, 0.3) is 0 Å². The number of hydrogen-bond donors (Lipinski definition) is 1. The number of carbonyl (C=O) groups excluding carboxylic acids is 2. The van der Waals surface area contributed by atoms with E-state index < -0.39 is 24.1 Å². The topological polar surface area (TPSA) is 64.6 Å². The van der Waals surface area contributed by atoms with Crippen molar-refractivity contribution in [3.8, 4) is 5.75 Å². The van der Waals surface area contributed by atoms with Gasteiger partial charge in [-0.05, 0) is 19.1 Å². The van der Waals surface area contributed by atoms with Gasteiger partial charge in [0.25, 0.3) is 0 Å². The van der Waals surface area contributed by atoms with Crippen LogP contribution in [0.4, 0.5) is 10.1 Å². The fourth-order valence-corrected chi connectivity index (χ4v) is 1.26. The van der Waals surface area contributed by atoms with Crippen LogP contribution in [-0.2, 0) is 14.3 Å². The fourth-order valence-electron chi connectivity index (χ4n) is 1.26. The van der Waals surface area contributed by atoms with Gasteiger partial charge >= 0.3 is 5.97 Å². The first kappa shape index (κ1) is 14.0. The summed E-state index contributed by atoms with van der Waals surface area (Å²) in [4.78, 5) is 22.2. The minimum Gasteiger partial charge on any atom is -0.491 e. The van der Waals surface area contributed by atoms with Gasteiger partial charge in [0.1, 0.15) is 6.42 Å². The summed E-state index contributed by atoms with van der Waals surface area (Å²) < 4.78 is 22.8. The fraction of sp³-hybridized carbons (Fsp3) is 0.333. The Balaban J connectivity index is 2.65. The normalized spacial score (nSPS) is 9.72. The molecule has 0 aromatic heterocycles. The van der Waals surface area contributed by atoms with E-state index in [9.17, 15) is 14.0 Å². The SMILES string of the molecule is CCOc1ccc(NC(=O)CC(=O)OC)cc1F. The minimum atomic E-state index is -0.654. The first-order chi connectivity index (χ1) is 8.56. The zero-order valence-corrected chi connectivity index (χ0v) is 10.2. The number of rotatable bonds is 5. The van der Waals surface area contributed by atoms with Gasteiger partial charge in [-0.15, -0.1) is 0 Å². The molecule has 1 N–H and O–H groups in total. The van der Waals surface area contributed by atoms with Crippen molar-refractivity contribution in [2.75, 3.05) is 19.0 Å². The first-order valence-corrected chi connectivity index (χ1v) is 5.35. The summed E-state index contributed by atoms with van der Waals surface area (Å²) >= 11 is 0. The lowest BCUT2D eigenvalue weighted by atomic mass is 10.2. The number of halogens is 1. The molecule has 0 saturated carbocycles. The molecule has 0 atom stereocenters. The van der Waals surface area contributed by atoms with Crippen LogP contribution in [0, 0.1) is 5.82 Å². The van der Waals surface area contributed by atoms with Crippen LogP contribution in [0.3, 0.4) is 0 Å². The third-order valence-electron chi connectivity index (χ3n) is 2.05. The third-order valence-corrected chi connectivity index (χ3v) is 2.05. The number of anilines is 1. The van der Waals surface area contributed by atoms with E-state index in [-0.39, 0.29) is 11.4 Å². The number of methoxy groups -OCH3 is 1. The van der Waals surface area contributed by atoms with Gasteiger partial charge in [-0.2, -0.15) is 0 Å². The van der Waals surface area contributed by atoms with E-state index in [0.29, 0.717) is 6.61 Å². The molecule has 0 spiro atoms. The second kappa shape index (κ2) is 6.58. The van der Waals surface area contributed by atoms with Gasteiger partial charge in [-0.25, -0.2) is 4.39 Å². The van der Waals surface area contributed by atoms with Crippen molar-refractivity contribution in [2.24, 2.45) is 0 Å². The second-order valence-electron chi connectivity index (χ2n) is 3.38. The zero-order chi connectivity index (χ0) is 13.5. The van der Waals surface area contributed by atoms with Crippen molar-refractivity contribution < 1.29 is 23.5 Å². The Labute approximate surface area is 104 Å². The average Bonchev–Trinajstić information content (AvgIpc) is 2.32. The summed E-state index contributed by atoms with van der Waals surface area (Å²) in [6, 6.07) is 4.02. The molecule has 0 aliphatic carbocycles. The van der Waals surface area contributed by atoms with Crippen molar-refractivity contribution in [1.82, 2.24) is 0 Å². The van der Waals surface area contributed by atoms with Crippen LogP contribution < -0.4 is 10.1 Å². The molecule has 0 saturated heterocycles. The highest BCUT2D eigenvalue weighted by atomic mass is 19.1. The Morgan fingerprint density at radius 2 is 2.11 bits per heavy atom. The van der Waals surface area contributed by atoms with E-state index in [1.54, 1.807) is 6.92 Å². The summed E-state index contributed by atoms with van der Waals surface area (Å²) in [5.74, 6) is -1.68. The Morgan fingerprint density at radius 3 is 2.67 bits per heavy atom.